The van der Waals surface area contributed by atoms with Crippen molar-refractivity contribution in [2.75, 3.05) is 25.0 Å². The third-order valence-corrected chi connectivity index (χ3v) is 11.0. The minimum atomic E-state index is -4.66. The smallest absolute Gasteiger partial charge is 0.305 e. The highest BCUT2D eigenvalue weighted by atomic mass is 19.4. The Bertz CT molecular complexity index is 2330. The summed E-state index contributed by atoms with van der Waals surface area (Å²) in [7, 11) is 1.76. The van der Waals surface area contributed by atoms with Gasteiger partial charge in [0.05, 0.1) is 23.3 Å². The van der Waals surface area contributed by atoms with Crippen LogP contribution in [0.3, 0.4) is 0 Å². The number of likely N-dealkylation sites (tertiary alicyclic amines) is 1. The van der Waals surface area contributed by atoms with Crippen LogP contribution in [0.4, 0.5) is 19.0 Å². The molecule has 6 heterocycles. The van der Waals surface area contributed by atoms with Crippen molar-refractivity contribution < 1.29 is 27.6 Å². The molecule has 1 saturated carbocycles. The van der Waals surface area contributed by atoms with Gasteiger partial charge in [-0.2, -0.15) is 18.3 Å². The molecule has 2 saturated heterocycles. The van der Waals surface area contributed by atoms with Crippen molar-refractivity contribution in [1.82, 2.24) is 39.1 Å². The summed E-state index contributed by atoms with van der Waals surface area (Å²) in [5, 5.41) is 10.4. The number of aryl methyl sites for hydroxylation is 2. The molecule has 53 heavy (non-hydrogen) atoms. The number of imidazole rings is 1. The average Bonchev–Trinajstić information content (AvgIpc) is 3.63. The van der Waals surface area contributed by atoms with Crippen molar-refractivity contribution in [2.45, 2.75) is 69.6 Å². The maximum Gasteiger partial charge on any atom is 0.433 e. The standard InChI is InChI=1S/C37H38F3N9O4/c1-20-6-7-27-33(46(2)36(53)49(27)28-8-9-31(50)44-35(28)52)32(20)22-10-12-47(13-11-22)18-21-14-24(15-21)48-19-23-16-30(41-17-26(23)45-48)43-34(51)25-4-3-5-29(42-25)37(38,39)40/h3-7,16-17,19,21-22,24,28H,8-15,18H2,1-2H3,(H,43,51)(H,44,50,52). The van der Waals surface area contributed by atoms with Gasteiger partial charge in [0.1, 0.15) is 28.8 Å². The minimum Gasteiger partial charge on any atom is -0.305 e. The van der Waals surface area contributed by atoms with Gasteiger partial charge in [-0.1, -0.05) is 12.1 Å². The van der Waals surface area contributed by atoms with Crippen LogP contribution in [0, 0.1) is 12.8 Å². The Balaban J connectivity index is 0.878. The highest BCUT2D eigenvalue weighted by Crippen LogP contribution is 2.41. The minimum absolute atomic E-state index is 0.191. The Kier molecular flexibility index (Phi) is 8.66. The molecule has 2 aliphatic heterocycles. The molecule has 4 aromatic heterocycles. The summed E-state index contributed by atoms with van der Waals surface area (Å²) in [6.07, 6.45) is 3.13. The zero-order chi connectivity index (χ0) is 37.2. The van der Waals surface area contributed by atoms with Gasteiger partial charge in [-0.15, -0.1) is 0 Å². The number of alkyl halides is 3. The Labute approximate surface area is 301 Å². The number of aromatic nitrogens is 6. The van der Waals surface area contributed by atoms with E-state index in [0.29, 0.717) is 17.9 Å². The van der Waals surface area contributed by atoms with Crippen LogP contribution in [0.2, 0.25) is 0 Å². The monoisotopic (exact) mass is 729 g/mol. The summed E-state index contributed by atoms with van der Waals surface area (Å²) in [5.41, 5.74) is 2.78. The van der Waals surface area contributed by atoms with E-state index >= 15 is 0 Å². The van der Waals surface area contributed by atoms with E-state index in [9.17, 15) is 32.3 Å². The number of halogens is 3. The van der Waals surface area contributed by atoms with E-state index in [1.807, 2.05) is 23.0 Å². The first-order chi connectivity index (χ1) is 25.3. The Morgan fingerprint density at radius 3 is 2.57 bits per heavy atom. The molecule has 8 rings (SSSR count). The maximum absolute atomic E-state index is 13.5. The zero-order valence-electron chi connectivity index (χ0n) is 29.2. The molecule has 276 valence electrons. The normalized spacial score (nSPS) is 21.6. The van der Waals surface area contributed by atoms with Gasteiger partial charge in [0.25, 0.3) is 5.91 Å². The van der Waals surface area contributed by atoms with Gasteiger partial charge in [-0.3, -0.25) is 33.5 Å². The fourth-order valence-electron chi connectivity index (χ4n) is 8.29. The lowest BCUT2D eigenvalue weighted by atomic mass is 9.79. The summed E-state index contributed by atoms with van der Waals surface area (Å²) in [5.74, 6) is -0.555. The summed E-state index contributed by atoms with van der Waals surface area (Å²) in [6, 6.07) is 8.28. The van der Waals surface area contributed by atoms with E-state index in [2.05, 4.69) is 37.5 Å². The molecule has 1 aromatic carbocycles. The highest BCUT2D eigenvalue weighted by molar-refractivity contribution is 6.03. The number of nitrogens with one attached hydrogen (secondary N) is 2. The fraction of sp³-hybridized carbons (Fsp3) is 0.432. The number of benzene rings is 1. The predicted octanol–water partition coefficient (Wildman–Crippen LogP) is 4.87. The average molecular weight is 730 g/mol. The lowest BCUT2D eigenvalue weighted by molar-refractivity contribution is -0.141. The number of anilines is 1. The molecule has 1 unspecified atom stereocenters. The number of amides is 3. The number of hydrogen-bond donors (Lipinski definition) is 2. The molecule has 0 bridgehead atoms. The number of pyridine rings is 2. The number of carbonyl (C=O) groups excluding carboxylic acids is 3. The molecule has 2 N–H and O–H groups in total. The molecule has 3 aliphatic rings. The lowest BCUT2D eigenvalue weighted by Gasteiger charge is -2.41. The molecule has 0 spiro atoms. The first-order valence-corrected chi connectivity index (χ1v) is 17.8. The van der Waals surface area contributed by atoms with E-state index in [4.69, 9.17) is 0 Å². The second-order valence-corrected chi connectivity index (χ2v) is 14.5. The van der Waals surface area contributed by atoms with Crippen LogP contribution in [-0.4, -0.2) is 71.1 Å². The molecule has 13 nitrogen and oxygen atoms in total. The third kappa shape index (κ3) is 6.49. The van der Waals surface area contributed by atoms with Crippen molar-refractivity contribution in [3.8, 4) is 0 Å². The van der Waals surface area contributed by atoms with Crippen LogP contribution in [-0.2, 0) is 22.8 Å². The molecule has 0 radical (unpaired) electrons. The Morgan fingerprint density at radius 1 is 1.06 bits per heavy atom. The van der Waals surface area contributed by atoms with Gasteiger partial charge < -0.3 is 10.2 Å². The molecule has 3 fully saturated rings. The van der Waals surface area contributed by atoms with E-state index < -0.39 is 29.7 Å². The number of fused-ring (bicyclic) bond motifs is 2. The van der Waals surface area contributed by atoms with E-state index in [1.54, 1.807) is 22.2 Å². The van der Waals surface area contributed by atoms with Crippen molar-refractivity contribution in [2.24, 2.45) is 13.0 Å². The second-order valence-electron chi connectivity index (χ2n) is 14.5. The quantitative estimate of drug-likeness (QED) is 0.226. The molecular formula is C37H38F3N9O4. The second kappa shape index (κ2) is 13.2. The van der Waals surface area contributed by atoms with Crippen molar-refractivity contribution in [1.29, 1.82) is 0 Å². The topological polar surface area (TPSA) is 149 Å². The van der Waals surface area contributed by atoms with Gasteiger partial charge in [0.2, 0.25) is 11.8 Å². The third-order valence-electron chi connectivity index (χ3n) is 11.0. The van der Waals surface area contributed by atoms with E-state index in [0.717, 1.165) is 85.0 Å². The van der Waals surface area contributed by atoms with Crippen LogP contribution in [0.25, 0.3) is 21.9 Å². The first-order valence-electron chi connectivity index (χ1n) is 17.8. The maximum atomic E-state index is 13.5. The fourth-order valence-corrected chi connectivity index (χ4v) is 8.29. The predicted molar refractivity (Wildman–Crippen MR) is 188 cm³/mol. The Hall–Kier alpha value is -5.38. The Morgan fingerprint density at radius 2 is 1.83 bits per heavy atom. The number of hydrogen-bond acceptors (Lipinski definition) is 8. The van der Waals surface area contributed by atoms with Crippen molar-refractivity contribution >= 4 is 45.5 Å². The van der Waals surface area contributed by atoms with Gasteiger partial charge in [0, 0.05) is 31.6 Å². The lowest BCUT2D eigenvalue weighted by Crippen LogP contribution is -2.44. The van der Waals surface area contributed by atoms with Gasteiger partial charge in [-0.05, 0) is 99.3 Å². The number of rotatable bonds is 7. The van der Waals surface area contributed by atoms with Gasteiger partial charge in [-0.25, -0.2) is 14.8 Å². The summed E-state index contributed by atoms with van der Waals surface area (Å²) in [4.78, 5) is 60.8. The summed E-state index contributed by atoms with van der Waals surface area (Å²) in [6.45, 7) is 4.93. The summed E-state index contributed by atoms with van der Waals surface area (Å²) >= 11 is 0. The molecular weight excluding hydrogens is 691 g/mol. The number of imide groups is 1. The number of nitrogens with zero attached hydrogens (tertiary/aromatic N) is 7. The first kappa shape index (κ1) is 34.7. The molecule has 1 aliphatic carbocycles. The molecule has 5 aromatic rings. The molecule has 3 amide bonds. The van der Waals surface area contributed by atoms with Crippen molar-refractivity contribution in [3.05, 3.63) is 81.8 Å². The van der Waals surface area contributed by atoms with Crippen LogP contribution in [0.1, 0.15) is 83.8 Å². The van der Waals surface area contributed by atoms with Crippen molar-refractivity contribution in [3.63, 3.8) is 0 Å². The summed E-state index contributed by atoms with van der Waals surface area (Å²) < 4.78 is 44.3. The molecule has 1 atom stereocenters. The van der Waals surface area contributed by atoms with Crippen LogP contribution < -0.4 is 16.3 Å². The van der Waals surface area contributed by atoms with E-state index in [-0.39, 0.29) is 41.5 Å². The van der Waals surface area contributed by atoms with Crippen LogP contribution in [0.15, 0.2) is 53.6 Å². The van der Waals surface area contributed by atoms with Gasteiger partial charge in [0.15, 0.2) is 0 Å². The molecule has 16 heteroatoms. The SMILES string of the molecule is Cc1ccc2c(c1C1CCN(CC3CC(n4cc5cc(NC(=O)c6cccc(C(F)(F)F)n6)ncc5n4)C3)CC1)n(C)c(=O)n2C1CCC(=O)NC1=O. The number of piperidine rings is 2. The van der Waals surface area contributed by atoms with Gasteiger partial charge >= 0.3 is 11.9 Å². The number of carbonyl (C=O) groups is 3. The van der Waals surface area contributed by atoms with Crippen LogP contribution >= 0.6 is 0 Å². The van der Waals surface area contributed by atoms with Crippen LogP contribution in [0.5, 0.6) is 0 Å². The zero-order valence-corrected chi connectivity index (χ0v) is 29.2. The largest absolute Gasteiger partial charge is 0.433 e. The highest BCUT2D eigenvalue weighted by Gasteiger charge is 2.36. The van der Waals surface area contributed by atoms with E-state index in [1.165, 1.54) is 12.3 Å².